The maximum Gasteiger partial charge on any atom is 0.343 e. The maximum absolute atomic E-state index is 11.0. The molecule has 5 heteroatoms. The van der Waals surface area contributed by atoms with E-state index in [1.807, 2.05) is 30.5 Å². The summed E-state index contributed by atoms with van der Waals surface area (Å²) in [7, 11) is 1.33. The van der Waals surface area contributed by atoms with Gasteiger partial charge in [-0.05, 0) is 42.8 Å². The summed E-state index contributed by atoms with van der Waals surface area (Å²) in [5.74, 6) is 0.224. The SMILES string of the molecule is COC(=O)COc1ccc(NC(C)c2cccnc2)cc1. The van der Waals surface area contributed by atoms with Crippen molar-refractivity contribution in [2.24, 2.45) is 0 Å². The second-order valence-electron chi connectivity index (χ2n) is 4.54. The van der Waals surface area contributed by atoms with Gasteiger partial charge in [-0.3, -0.25) is 4.98 Å². The Bertz CT molecular complexity index is 570. The topological polar surface area (TPSA) is 60.5 Å². The van der Waals surface area contributed by atoms with Gasteiger partial charge in [0.15, 0.2) is 6.61 Å². The molecule has 0 saturated heterocycles. The number of nitrogens with one attached hydrogen (secondary N) is 1. The predicted octanol–water partition coefficient (Wildman–Crippen LogP) is 2.81. The Labute approximate surface area is 123 Å². The van der Waals surface area contributed by atoms with Crippen LogP contribution in [0.5, 0.6) is 5.75 Å². The first kappa shape index (κ1) is 14.8. The van der Waals surface area contributed by atoms with Gasteiger partial charge in [-0.2, -0.15) is 0 Å². The number of hydrogen-bond donors (Lipinski definition) is 1. The maximum atomic E-state index is 11.0. The molecule has 1 heterocycles. The van der Waals surface area contributed by atoms with Crippen molar-refractivity contribution in [2.75, 3.05) is 19.0 Å². The summed E-state index contributed by atoms with van der Waals surface area (Å²) in [5, 5.41) is 3.37. The van der Waals surface area contributed by atoms with E-state index in [9.17, 15) is 4.79 Å². The van der Waals surface area contributed by atoms with Crippen LogP contribution in [0.15, 0.2) is 48.8 Å². The van der Waals surface area contributed by atoms with E-state index in [2.05, 4.69) is 22.0 Å². The standard InChI is InChI=1S/C16H18N2O3/c1-12(13-4-3-9-17-10-13)18-14-5-7-15(8-6-14)21-11-16(19)20-2/h3-10,12,18H,11H2,1-2H3. The van der Waals surface area contributed by atoms with Gasteiger partial charge in [-0.25, -0.2) is 4.79 Å². The van der Waals surface area contributed by atoms with Crippen LogP contribution in [-0.4, -0.2) is 24.7 Å². The first-order valence-corrected chi connectivity index (χ1v) is 6.65. The Morgan fingerprint density at radius 1 is 1.29 bits per heavy atom. The minimum Gasteiger partial charge on any atom is -0.482 e. The third kappa shape index (κ3) is 4.49. The van der Waals surface area contributed by atoms with Crippen LogP contribution in [0.2, 0.25) is 0 Å². The fourth-order valence-electron chi connectivity index (χ4n) is 1.81. The zero-order chi connectivity index (χ0) is 15.1. The minimum absolute atomic E-state index is 0.0879. The van der Waals surface area contributed by atoms with Crippen molar-refractivity contribution >= 4 is 11.7 Å². The third-order valence-electron chi connectivity index (χ3n) is 3.01. The molecule has 0 aliphatic heterocycles. The zero-order valence-corrected chi connectivity index (χ0v) is 12.1. The van der Waals surface area contributed by atoms with Crippen molar-refractivity contribution in [1.82, 2.24) is 4.98 Å². The molecule has 1 atom stereocenters. The number of hydrogen-bond acceptors (Lipinski definition) is 5. The molecule has 21 heavy (non-hydrogen) atoms. The highest BCUT2D eigenvalue weighted by molar-refractivity contribution is 5.70. The Morgan fingerprint density at radius 2 is 2.05 bits per heavy atom. The molecule has 1 unspecified atom stereocenters. The first-order valence-electron chi connectivity index (χ1n) is 6.65. The summed E-state index contributed by atoms with van der Waals surface area (Å²) in [5.41, 5.74) is 2.08. The number of nitrogens with zero attached hydrogens (tertiary/aromatic N) is 1. The first-order chi connectivity index (χ1) is 10.2. The molecule has 0 bridgehead atoms. The summed E-state index contributed by atoms with van der Waals surface area (Å²) < 4.78 is 9.81. The molecule has 0 fully saturated rings. The quantitative estimate of drug-likeness (QED) is 0.827. The van der Waals surface area contributed by atoms with Crippen LogP contribution in [0.4, 0.5) is 5.69 Å². The molecule has 1 aromatic heterocycles. The predicted molar refractivity (Wildman–Crippen MR) is 80.2 cm³/mol. The van der Waals surface area contributed by atoms with Crippen LogP contribution in [0.25, 0.3) is 0 Å². The summed E-state index contributed by atoms with van der Waals surface area (Å²) >= 11 is 0. The van der Waals surface area contributed by atoms with Gasteiger partial charge in [0.05, 0.1) is 13.2 Å². The summed E-state index contributed by atoms with van der Waals surface area (Å²) in [6, 6.07) is 11.5. The van der Waals surface area contributed by atoms with E-state index in [0.717, 1.165) is 11.3 Å². The lowest BCUT2D eigenvalue weighted by atomic mass is 10.1. The molecule has 110 valence electrons. The lowest BCUT2D eigenvalue weighted by molar-refractivity contribution is -0.142. The molecule has 1 N–H and O–H groups in total. The third-order valence-corrected chi connectivity index (χ3v) is 3.01. The number of carbonyl (C=O) groups excluding carboxylic acids is 1. The average molecular weight is 286 g/mol. The molecule has 0 amide bonds. The number of carbonyl (C=O) groups is 1. The van der Waals surface area contributed by atoms with E-state index in [1.165, 1.54) is 7.11 Å². The van der Waals surface area contributed by atoms with Crippen molar-refractivity contribution < 1.29 is 14.3 Å². The molecule has 0 saturated carbocycles. The number of aromatic nitrogens is 1. The molecule has 0 spiro atoms. The molecule has 2 rings (SSSR count). The molecule has 5 nitrogen and oxygen atoms in total. The molecule has 1 aromatic carbocycles. The van der Waals surface area contributed by atoms with E-state index in [1.54, 1.807) is 18.3 Å². The smallest absolute Gasteiger partial charge is 0.343 e. The van der Waals surface area contributed by atoms with Crippen LogP contribution in [0.3, 0.4) is 0 Å². The van der Waals surface area contributed by atoms with Crippen molar-refractivity contribution in [3.63, 3.8) is 0 Å². The molecule has 0 radical (unpaired) electrons. The normalized spacial score (nSPS) is 11.5. The van der Waals surface area contributed by atoms with E-state index in [-0.39, 0.29) is 12.6 Å². The highest BCUT2D eigenvalue weighted by atomic mass is 16.6. The zero-order valence-electron chi connectivity index (χ0n) is 12.1. The van der Waals surface area contributed by atoms with Gasteiger partial charge in [-0.1, -0.05) is 6.07 Å². The molecular weight excluding hydrogens is 268 g/mol. The minimum atomic E-state index is -0.401. The van der Waals surface area contributed by atoms with Gasteiger partial charge < -0.3 is 14.8 Å². The Morgan fingerprint density at radius 3 is 2.67 bits per heavy atom. The van der Waals surface area contributed by atoms with E-state index in [4.69, 9.17) is 4.74 Å². The summed E-state index contributed by atoms with van der Waals surface area (Å²) in [6.45, 7) is 1.98. The van der Waals surface area contributed by atoms with Crippen molar-refractivity contribution in [1.29, 1.82) is 0 Å². The second-order valence-corrected chi connectivity index (χ2v) is 4.54. The van der Waals surface area contributed by atoms with Crippen molar-refractivity contribution in [3.8, 4) is 5.75 Å². The average Bonchev–Trinajstić information content (AvgIpc) is 2.54. The fourth-order valence-corrected chi connectivity index (χ4v) is 1.81. The van der Waals surface area contributed by atoms with Crippen LogP contribution >= 0.6 is 0 Å². The molecule has 0 aliphatic rings. The Kier molecular flexibility index (Phi) is 5.15. The molecule has 2 aromatic rings. The Hall–Kier alpha value is -2.56. The van der Waals surface area contributed by atoms with Gasteiger partial charge in [0.2, 0.25) is 0 Å². The Balaban J connectivity index is 1.92. The van der Waals surface area contributed by atoms with Gasteiger partial charge >= 0.3 is 5.97 Å². The van der Waals surface area contributed by atoms with Crippen molar-refractivity contribution in [2.45, 2.75) is 13.0 Å². The van der Waals surface area contributed by atoms with E-state index in [0.29, 0.717) is 5.75 Å². The lowest BCUT2D eigenvalue weighted by Crippen LogP contribution is -2.12. The van der Waals surface area contributed by atoms with Crippen LogP contribution in [-0.2, 0) is 9.53 Å². The lowest BCUT2D eigenvalue weighted by Gasteiger charge is -2.15. The van der Waals surface area contributed by atoms with Crippen LogP contribution < -0.4 is 10.1 Å². The number of esters is 1. The number of ether oxygens (including phenoxy) is 2. The largest absolute Gasteiger partial charge is 0.482 e. The van der Waals surface area contributed by atoms with Gasteiger partial charge in [0.25, 0.3) is 0 Å². The van der Waals surface area contributed by atoms with E-state index >= 15 is 0 Å². The number of pyridine rings is 1. The number of rotatable bonds is 6. The summed E-state index contributed by atoms with van der Waals surface area (Å²) in [6.07, 6.45) is 3.59. The number of benzene rings is 1. The van der Waals surface area contributed by atoms with Crippen molar-refractivity contribution in [3.05, 3.63) is 54.4 Å². The summed E-state index contributed by atoms with van der Waals surface area (Å²) in [4.78, 5) is 15.1. The molecule has 0 aliphatic carbocycles. The van der Waals surface area contributed by atoms with Gasteiger partial charge in [0, 0.05) is 18.1 Å². The fraction of sp³-hybridized carbons (Fsp3) is 0.250. The van der Waals surface area contributed by atoms with E-state index < -0.39 is 5.97 Å². The highest BCUT2D eigenvalue weighted by Gasteiger charge is 2.06. The monoisotopic (exact) mass is 286 g/mol. The van der Waals surface area contributed by atoms with Crippen LogP contribution in [0, 0.1) is 0 Å². The van der Waals surface area contributed by atoms with Gasteiger partial charge in [-0.15, -0.1) is 0 Å². The van der Waals surface area contributed by atoms with Gasteiger partial charge in [0.1, 0.15) is 5.75 Å². The number of methoxy groups -OCH3 is 1. The molecular formula is C16H18N2O3. The van der Waals surface area contributed by atoms with Crippen LogP contribution in [0.1, 0.15) is 18.5 Å². The number of anilines is 1. The highest BCUT2D eigenvalue weighted by Crippen LogP contribution is 2.21. The second kappa shape index (κ2) is 7.28.